The van der Waals surface area contributed by atoms with Crippen molar-refractivity contribution in [2.24, 2.45) is 0 Å². The fourth-order valence-electron chi connectivity index (χ4n) is 2.81. The van der Waals surface area contributed by atoms with Crippen LogP contribution in [0.4, 0.5) is 24.8 Å². The van der Waals surface area contributed by atoms with E-state index in [4.69, 9.17) is 0 Å². The van der Waals surface area contributed by atoms with Gasteiger partial charge in [-0.15, -0.1) is 0 Å². The lowest BCUT2D eigenvalue weighted by molar-refractivity contribution is -0.137. The van der Waals surface area contributed by atoms with E-state index in [0.717, 1.165) is 43.6 Å². The average molecular weight is 322 g/mol. The zero-order valence-corrected chi connectivity index (χ0v) is 12.4. The summed E-state index contributed by atoms with van der Waals surface area (Å²) in [6.45, 7) is 1.74. The van der Waals surface area contributed by atoms with Crippen LogP contribution in [0.3, 0.4) is 0 Å². The van der Waals surface area contributed by atoms with Crippen LogP contribution < -0.4 is 10.6 Å². The molecule has 0 atom stereocenters. The lowest BCUT2D eigenvalue weighted by Crippen LogP contribution is -2.27. The quantitative estimate of drug-likeness (QED) is 0.904. The molecule has 1 aliphatic heterocycles. The molecule has 0 unspecified atom stereocenters. The Morgan fingerprint density at radius 2 is 1.78 bits per heavy atom. The molecule has 0 saturated carbocycles. The molecule has 2 heterocycles. The molecular formula is C16H17F3N4. The van der Waals surface area contributed by atoms with Crippen LogP contribution in [-0.4, -0.2) is 23.1 Å². The second-order valence-electron chi connectivity index (χ2n) is 5.52. The van der Waals surface area contributed by atoms with Gasteiger partial charge in [-0.1, -0.05) is 6.07 Å². The number of hydrogen-bond acceptors (Lipinski definition) is 4. The van der Waals surface area contributed by atoms with Crippen molar-refractivity contribution in [1.82, 2.24) is 15.3 Å². The van der Waals surface area contributed by atoms with E-state index < -0.39 is 11.7 Å². The Labute approximate surface area is 132 Å². The lowest BCUT2D eigenvalue weighted by atomic mass is 9.88. The number of halogens is 3. The van der Waals surface area contributed by atoms with Gasteiger partial charge in [-0.25, -0.2) is 9.97 Å². The molecule has 0 bridgehead atoms. The zero-order valence-electron chi connectivity index (χ0n) is 12.4. The fourth-order valence-corrected chi connectivity index (χ4v) is 2.81. The van der Waals surface area contributed by atoms with Crippen molar-refractivity contribution in [3.8, 4) is 0 Å². The third kappa shape index (κ3) is 3.79. The van der Waals surface area contributed by atoms with Gasteiger partial charge in [0, 0.05) is 18.1 Å². The maximum Gasteiger partial charge on any atom is 0.416 e. The van der Waals surface area contributed by atoms with Crippen LogP contribution in [0.2, 0.25) is 0 Å². The first kappa shape index (κ1) is 15.7. The Morgan fingerprint density at radius 1 is 1.09 bits per heavy atom. The highest BCUT2D eigenvalue weighted by Crippen LogP contribution is 2.37. The van der Waals surface area contributed by atoms with E-state index in [1.165, 1.54) is 0 Å². The fraction of sp³-hybridized carbons (Fsp3) is 0.375. The number of piperidine rings is 1. The minimum Gasteiger partial charge on any atom is -0.324 e. The van der Waals surface area contributed by atoms with Crippen molar-refractivity contribution >= 4 is 11.6 Å². The second kappa shape index (κ2) is 6.54. The maximum atomic E-state index is 13.0. The van der Waals surface area contributed by atoms with Crippen molar-refractivity contribution in [1.29, 1.82) is 0 Å². The molecule has 0 aliphatic carbocycles. The first-order valence-electron chi connectivity index (χ1n) is 7.50. The first-order chi connectivity index (χ1) is 11.0. The summed E-state index contributed by atoms with van der Waals surface area (Å²) in [5, 5.41) is 6.20. The summed E-state index contributed by atoms with van der Waals surface area (Å²) in [6, 6.07) is 5.53. The summed E-state index contributed by atoms with van der Waals surface area (Å²) in [6.07, 6.45) is 0.520. The van der Waals surface area contributed by atoms with Crippen molar-refractivity contribution in [2.45, 2.75) is 24.9 Å². The average Bonchev–Trinajstić information content (AvgIpc) is 2.56. The van der Waals surface area contributed by atoms with Crippen LogP contribution in [0.1, 0.15) is 29.9 Å². The molecule has 23 heavy (non-hydrogen) atoms. The number of hydrogen-bond donors (Lipinski definition) is 2. The van der Waals surface area contributed by atoms with Gasteiger partial charge in [0.25, 0.3) is 0 Å². The lowest BCUT2D eigenvalue weighted by Gasteiger charge is -2.26. The van der Waals surface area contributed by atoms with Crippen molar-refractivity contribution in [3.63, 3.8) is 0 Å². The van der Waals surface area contributed by atoms with Gasteiger partial charge in [-0.05, 0) is 55.6 Å². The number of benzene rings is 1. The SMILES string of the molecule is FC(F)(F)c1ccc(C2CCNCC2)c(Nc2ncccn2)c1. The molecule has 0 radical (unpaired) electrons. The largest absolute Gasteiger partial charge is 0.416 e. The van der Waals surface area contributed by atoms with E-state index in [1.54, 1.807) is 24.5 Å². The van der Waals surface area contributed by atoms with Crippen LogP contribution in [0.15, 0.2) is 36.7 Å². The molecule has 0 amide bonds. The standard InChI is InChI=1S/C16H17F3N4/c17-16(18,19)12-2-3-13(11-4-8-20-9-5-11)14(10-12)23-15-21-6-1-7-22-15/h1-3,6-7,10-11,20H,4-5,8-9H2,(H,21,22,23). The van der Waals surface area contributed by atoms with Gasteiger partial charge >= 0.3 is 6.18 Å². The number of nitrogens with one attached hydrogen (secondary N) is 2. The predicted molar refractivity (Wildman–Crippen MR) is 81.6 cm³/mol. The summed E-state index contributed by atoms with van der Waals surface area (Å²) >= 11 is 0. The Bertz CT molecular complexity index is 652. The molecular weight excluding hydrogens is 305 g/mol. The predicted octanol–water partition coefficient (Wildman–Crippen LogP) is 3.71. The van der Waals surface area contributed by atoms with Gasteiger partial charge in [0.2, 0.25) is 5.95 Å². The molecule has 4 nitrogen and oxygen atoms in total. The summed E-state index contributed by atoms with van der Waals surface area (Å²) in [4.78, 5) is 8.07. The highest BCUT2D eigenvalue weighted by Gasteiger charge is 2.32. The third-order valence-corrected chi connectivity index (χ3v) is 3.97. The van der Waals surface area contributed by atoms with Crippen molar-refractivity contribution in [3.05, 3.63) is 47.8 Å². The van der Waals surface area contributed by atoms with Gasteiger partial charge in [0.05, 0.1) is 5.56 Å². The maximum absolute atomic E-state index is 13.0. The topological polar surface area (TPSA) is 49.8 Å². The van der Waals surface area contributed by atoms with Crippen LogP contribution >= 0.6 is 0 Å². The highest BCUT2D eigenvalue weighted by molar-refractivity contribution is 5.61. The van der Waals surface area contributed by atoms with Crippen molar-refractivity contribution < 1.29 is 13.2 Å². The number of rotatable bonds is 3. The monoisotopic (exact) mass is 322 g/mol. The Hall–Kier alpha value is -2.15. The van der Waals surface area contributed by atoms with E-state index in [2.05, 4.69) is 20.6 Å². The van der Waals surface area contributed by atoms with Gasteiger partial charge in [0.15, 0.2) is 0 Å². The molecule has 2 aromatic rings. The summed E-state index contributed by atoms with van der Waals surface area (Å²) in [7, 11) is 0. The van der Waals surface area contributed by atoms with Gasteiger partial charge < -0.3 is 10.6 Å². The molecule has 1 fully saturated rings. The number of nitrogens with zero attached hydrogens (tertiary/aromatic N) is 2. The number of alkyl halides is 3. The van der Waals surface area contributed by atoms with E-state index >= 15 is 0 Å². The second-order valence-corrected chi connectivity index (χ2v) is 5.52. The summed E-state index contributed by atoms with van der Waals surface area (Å²) in [5.41, 5.74) is 0.637. The number of anilines is 2. The Kier molecular flexibility index (Phi) is 4.47. The molecule has 1 saturated heterocycles. The Morgan fingerprint density at radius 3 is 2.43 bits per heavy atom. The highest BCUT2D eigenvalue weighted by atomic mass is 19.4. The number of aromatic nitrogens is 2. The molecule has 7 heteroatoms. The van der Waals surface area contributed by atoms with E-state index in [1.807, 2.05) is 0 Å². The normalized spacial score (nSPS) is 16.3. The molecule has 122 valence electrons. The molecule has 0 spiro atoms. The van der Waals surface area contributed by atoms with E-state index in [0.29, 0.717) is 11.6 Å². The summed E-state index contributed by atoms with van der Waals surface area (Å²) < 4.78 is 39.0. The van der Waals surface area contributed by atoms with Crippen LogP contribution in [0.5, 0.6) is 0 Å². The van der Waals surface area contributed by atoms with Gasteiger partial charge in [-0.2, -0.15) is 13.2 Å². The first-order valence-corrected chi connectivity index (χ1v) is 7.50. The van der Waals surface area contributed by atoms with Gasteiger partial charge in [-0.3, -0.25) is 0 Å². The molecule has 3 rings (SSSR count). The van der Waals surface area contributed by atoms with E-state index in [-0.39, 0.29) is 5.92 Å². The molecule has 2 N–H and O–H groups in total. The third-order valence-electron chi connectivity index (χ3n) is 3.97. The van der Waals surface area contributed by atoms with Gasteiger partial charge in [0.1, 0.15) is 0 Å². The smallest absolute Gasteiger partial charge is 0.324 e. The van der Waals surface area contributed by atoms with Crippen LogP contribution in [-0.2, 0) is 6.18 Å². The van der Waals surface area contributed by atoms with Crippen LogP contribution in [0, 0.1) is 0 Å². The summed E-state index contributed by atoms with van der Waals surface area (Å²) in [5.74, 6) is 0.520. The molecule has 1 aromatic carbocycles. The van der Waals surface area contributed by atoms with Crippen LogP contribution in [0.25, 0.3) is 0 Å². The minimum absolute atomic E-state index is 0.227. The van der Waals surface area contributed by atoms with E-state index in [9.17, 15) is 13.2 Å². The molecule has 1 aliphatic rings. The van der Waals surface area contributed by atoms with Crippen molar-refractivity contribution in [2.75, 3.05) is 18.4 Å². The molecule has 1 aromatic heterocycles. The minimum atomic E-state index is -4.37. The zero-order chi connectivity index (χ0) is 16.3. The Balaban J connectivity index is 1.97.